The lowest BCUT2D eigenvalue weighted by Crippen LogP contribution is -2.28. The number of hydrogen-bond acceptors (Lipinski definition) is 4. The molecular weight excluding hydrogens is 370 g/mol. The standard InChI is InChI=1S/C19H18ClN3O2S/c1-11-3-4-12(2)15(9-11)22-17(24)10-16-18(25)23-19(26-16)21-14-7-5-13(20)6-8-14/h3-9,16H,10H2,1-2H3,(H,22,24)(H,21,23,25)/t16-/m0/s1. The molecule has 7 heteroatoms. The lowest BCUT2D eigenvalue weighted by atomic mass is 10.1. The van der Waals surface area contributed by atoms with Gasteiger partial charge in [0, 0.05) is 17.1 Å². The highest BCUT2D eigenvalue weighted by atomic mass is 35.5. The van der Waals surface area contributed by atoms with E-state index in [1.54, 1.807) is 24.3 Å². The Balaban J connectivity index is 1.63. The third-order valence-electron chi connectivity index (χ3n) is 3.87. The monoisotopic (exact) mass is 387 g/mol. The lowest BCUT2D eigenvalue weighted by Gasteiger charge is -2.10. The summed E-state index contributed by atoms with van der Waals surface area (Å²) < 4.78 is 0. The topological polar surface area (TPSA) is 70.6 Å². The Morgan fingerprint density at radius 3 is 2.69 bits per heavy atom. The fraction of sp³-hybridized carbons (Fsp3) is 0.211. The van der Waals surface area contributed by atoms with Gasteiger partial charge in [-0.15, -0.1) is 0 Å². The molecule has 2 aromatic rings. The van der Waals surface area contributed by atoms with Crippen LogP contribution in [0.5, 0.6) is 0 Å². The fourth-order valence-electron chi connectivity index (χ4n) is 2.47. The van der Waals surface area contributed by atoms with Crippen molar-refractivity contribution in [3.05, 3.63) is 58.6 Å². The number of halogens is 1. The summed E-state index contributed by atoms with van der Waals surface area (Å²) in [5.41, 5.74) is 3.51. The normalized spacial score (nSPS) is 18.0. The van der Waals surface area contributed by atoms with E-state index in [4.69, 9.17) is 11.6 Å². The van der Waals surface area contributed by atoms with Crippen molar-refractivity contribution in [3.63, 3.8) is 0 Å². The summed E-state index contributed by atoms with van der Waals surface area (Å²) >= 11 is 7.11. The molecule has 1 aliphatic rings. The predicted octanol–water partition coefficient (Wildman–Crippen LogP) is 4.20. The zero-order valence-electron chi connectivity index (χ0n) is 14.4. The van der Waals surface area contributed by atoms with Gasteiger partial charge in [0.25, 0.3) is 0 Å². The number of carbonyl (C=O) groups is 2. The summed E-state index contributed by atoms with van der Waals surface area (Å²) in [7, 11) is 0. The zero-order valence-corrected chi connectivity index (χ0v) is 15.9. The molecule has 2 amide bonds. The fourth-order valence-corrected chi connectivity index (χ4v) is 3.58. The van der Waals surface area contributed by atoms with E-state index in [9.17, 15) is 9.59 Å². The molecule has 0 bridgehead atoms. The number of amides is 2. The van der Waals surface area contributed by atoms with Crippen LogP contribution in [-0.4, -0.2) is 22.2 Å². The Labute approximate surface area is 161 Å². The first kappa shape index (κ1) is 18.5. The molecule has 0 saturated carbocycles. The first-order valence-corrected chi connectivity index (χ1v) is 9.35. The van der Waals surface area contributed by atoms with Crippen LogP contribution in [0.4, 0.5) is 11.4 Å². The van der Waals surface area contributed by atoms with E-state index in [0.717, 1.165) is 16.8 Å². The van der Waals surface area contributed by atoms with Gasteiger partial charge in [0.05, 0.1) is 5.69 Å². The van der Waals surface area contributed by atoms with Crippen molar-refractivity contribution in [1.29, 1.82) is 0 Å². The quantitative estimate of drug-likeness (QED) is 0.825. The highest BCUT2D eigenvalue weighted by molar-refractivity contribution is 8.15. The highest BCUT2D eigenvalue weighted by Gasteiger charge is 2.32. The Hall–Kier alpha value is -2.31. The van der Waals surface area contributed by atoms with Crippen LogP contribution in [0, 0.1) is 13.8 Å². The zero-order chi connectivity index (χ0) is 18.7. The number of anilines is 1. The van der Waals surface area contributed by atoms with Crippen LogP contribution >= 0.6 is 23.4 Å². The molecule has 2 aromatic carbocycles. The number of nitrogens with one attached hydrogen (secondary N) is 2. The van der Waals surface area contributed by atoms with Crippen LogP contribution < -0.4 is 10.6 Å². The third-order valence-corrected chi connectivity index (χ3v) is 5.21. The van der Waals surface area contributed by atoms with Crippen molar-refractivity contribution in [2.45, 2.75) is 25.5 Å². The maximum Gasteiger partial charge on any atom is 0.240 e. The van der Waals surface area contributed by atoms with Gasteiger partial charge in [-0.1, -0.05) is 35.5 Å². The van der Waals surface area contributed by atoms with E-state index in [0.29, 0.717) is 15.9 Å². The number of hydrogen-bond donors (Lipinski definition) is 2. The second-order valence-electron chi connectivity index (χ2n) is 6.06. The Morgan fingerprint density at radius 1 is 1.23 bits per heavy atom. The minimum atomic E-state index is -0.494. The third kappa shape index (κ3) is 4.65. The molecule has 1 saturated heterocycles. The van der Waals surface area contributed by atoms with Crippen molar-refractivity contribution < 1.29 is 9.59 Å². The summed E-state index contributed by atoms with van der Waals surface area (Å²) in [4.78, 5) is 28.8. The maximum atomic E-state index is 12.3. The summed E-state index contributed by atoms with van der Waals surface area (Å²) in [6, 6.07) is 12.9. The van der Waals surface area contributed by atoms with Gasteiger partial charge in [-0.05, 0) is 55.3 Å². The molecule has 134 valence electrons. The van der Waals surface area contributed by atoms with Gasteiger partial charge >= 0.3 is 0 Å². The van der Waals surface area contributed by atoms with Gasteiger partial charge in [-0.25, -0.2) is 4.99 Å². The molecule has 0 unspecified atom stereocenters. The molecular formula is C19H18ClN3O2S. The van der Waals surface area contributed by atoms with Crippen molar-refractivity contribution in [2.75, 3.05) is 5.32 Å². The predicted molar refractivity (Wildman–Crippen MR) is 107 cm³/mol. The molecule has 0 aromatic heterocycles. The second kappa shape index (κ2) is 7.93. The lowest BCUT2D eigenvalue weighted by molar-refractivity contribution is -0.122. The summed E-state index contributed by atoms with van der Waals surface area (Å²) in [5, 5.41) is 6.22. The summed E-state index contributed by atoms with van der Waals surface area (Å²) in [6.45, 7) is 3.90. The van der Waals surface area contributed by atoms with E-state index in [-0.39, 0.29) is 18.2 Å². The van der Waals surface area contributed by atoms with Crippen LogP contribution in [0.2, 0.25) is 5.02 Å². The van der Waals surface area contributed by atoms with Crippen molar-refractivity contribution in [3.8, 4) is 0 Å². The minimum absolute atomic E-state index is 0.0868. The molecule has 0 aliphatic carbocycles. The van der Waals surface area contributed by atoms with E-state index >= 15 is 0 Å². The Kier molecular flexibility index (Phi) is 5.64. The second-order valence-corrected chi connectivity index (χ2v) is 7.69. The van der Waals surface area contributed by atoms with Crippen LogP contribution in [0.25, 0.3) is 0 Å². The highest BCUT2D eigenvalue weighted by Crippen LogP contribution is 2.26. The molecule has 26 heavy (non-hydrogen) atoms. The number of benzene rings is 2. The van der Waals surface area contributed by atoms with Gasteiger partial charge in [0.1, 0.15) is 5.25 Å². The molecule has 1 heterocycles. The van der Waals surface area contributed by atoms with Crippen molar-refractivity contribution in [1.82, 2.24) is 5.32 Å². The van der Waals surface area contributed by atoms with Crippen LogP contribution in [0.3, 0.4) is 0 Å². The first-order valence-electron chi connectivity index (χ1n) is 8.09. The molecule has 1 aliphatic heterocycles. The van der Waals surface area contributed by atoms with Gasteiger partial charge in [-0.2, -0.15) is 0 Å². The van der Waals surface area contributed by atoms with Gasteiger partial charge in [0.15, 0.2) is 5.17 Å². The van der Waals surface area contributed by atoms with Crippen molar-refractivity contribution >= 4 is 51.7 Å². The van der Waals surface area contributed by atoms with Crippen LogP contribution in [0.1, 0.15) is 17.5 Å². The summed E-state index contributed by atoms with van der Waals surface area (Å²) in [5.74, 6) is -0.405. The van der Waals surface area contributed by atoms with Crippen molar-refractivity contribution in [2.24, 2.45) is 4.99 Å². The average molecular weight is 388 g/mol. The number of rotatable bonds is 4. The van der Waals surface area contributed by atoms with E-state index < -0.39 is 5.25 Å². The number of thioether (sulfide) groups is 1. The molecule has 3 rings (SSSR count). The number of aliphatic imine (C=N–C) groups is 1. The smallest absolute Gasteiger partial charge is 0.240 e. The van der Waals surface area contributed by atoms with Gasteiger partial charge in [0.2, 0.25) is 11.8 Å². The van der Waals surface area contributed by atoms with E-state index in [2.05, 4.69) is 15.6 Å². The SMILES string of the molecule is Cc1ccc(C)c(NC(=O)C[C@@H]2SC(=Nc3ccc(Cl)cc3)NC2=O)c1. The largest absolute Gasteiger partial charge is 0.326 e. The van der Waals surface area contributed by atoms with Crippen LogP contribution in [0.15, 0.2) is 47.5 Å². The number of carbonyl (C=O) groups excluding carboxylic acids is 2. The molecule has 1 fully saturated rings. The Morgan fingerprint density at radius 2 is 1.96 bits per heavy atom. The maximum absolute atomic E-state index is 12.3. The van der Waals surface area contributed by atoms with Gasteiger partial charge in [-0.3, -0.25) is 9.59 Å². The summed E-state index contributed by atoms with van der Waals surface area (Å²) in [6.07, 6.45) is 0.0868. The van der Waals surface area contributed by atoms with E-state index in [1.165, 1.54) is 11.8 Å². The Bertz CT molecular complexity index is 881. The number of nitrogens with zero attached hydrogens (tertiary/aromatic N) is 1. The van der Waals surface area contributed by atoms with Crippen LogP contribution in [-0.2, 0) is 9.59 Å². The minimum Gasteiger partial charge on any atom is -0.326 e. The molecule has 0 spiro atoms. The molecule has 2 N–H and O–H groups in total. The average Bonchev–Trinajstić information content (AvgIpc) is 2.92. The molecule has 0 radical (unpaired) electrons. The van der Waals surface area contributed by atoms with E-state index in [1.807, 2.05) is 32.0 Å². The molecule has 1 atom stereocenters. The molecule has 5 nitrogen and oxygen atoms in total. The number of aryl methyl sites for hydroxylation is 2. The van der Waals surface area contributed by atoms with Gasteiger partial charge < -0.3 is 10.6 Å². The first-order chi connectivity index (χ1) is 12.4. The number of amidine groups is 1.